The Kier molecular flexibility index (Phi) is 36.0. The molecule has 0 radical (unpaired) electrons. The van der Waals surface area contributed by atoms with Crippen LogP contribution in [0.15, 0.2) is 36.5 Å². The number of rotatable bonds is 39. The monoisotopic (exact) mass is 786 g/mol. The van der Waals surface area contributed by atoms with Crippen molar-refractivity contribution < 1.29 is 47.5 Å². The summed E-state index contributed by atoms with van der Waals surface area (Å²) in [6.45, 7) is 2.74. The highest BCUT2D eigenvalue weighted by Gasteiger charge is 2.28. The molecule has 0 aliphatic rings. The normalized spacial score (nSPS) is 14.1. The van der Waals surface area contributed by atoms with Gasteiger partial charge in [0.15, 0.2) is 6.10 Å². The average molecular weight is 786 g/mol. The number of carbonyl (C=O) groups excluding carboxylic acids is 2. The van der Waals surface area contributed by atoms with Gasteiger partial charge in [0, 0.05) is 12.8 Å². The minimum Gasteiger partial charge on any atom is -0.480 e. The van der Waals surface area contributed by atoms with Gasteiger partial charge in [-0.25, -0.2) is 4.57 Å². The number of phosphoric ester groups is 1. The van der Waals surface area contributed by atoms with Gasteiger partial charge in [-0.2, -0.15) is 0 Å². The molecule has 11 nitrogen and oxygen atoms in total. The molecule has 3 atom stereocenters. The van der Waals surface area contributed by atoms with Gasteiger partial charge in [0.05, 0.1) is 13.2 Å². The molecule has 1 unspecified atom stereocenters. The Bertz CT molecular complexity index is 1060. The van der Waals surface area contributed by atoms with Crippen molar-refractivity contribution in [3.8, 4) is 0 Å². The maximum absolute atomic E-state index is 12.6. The van der Waals surface area contributed by atoms with Crippen LogP contribution in [0, 0.1) is 0 Å². The standard InChI is InChI=1S/C42H76NO10P/c1-3-5-7-9-11-13-15-17-18-19-20-22-24-26-28-30-32-34-41(45)53-38(36-51-54(48,49)52-37-39(43)42(46)47)35-50-40(44)33-31-29-27-25-23-21-16-14-12-10-8-6-4-2/h11,13,17-18,21,23,38-39H,3-10,12,14-16,19-20,22,24-37,43H2,1-2H3,(H,46,47)(H,48,49)/b13-11+,18-17+,23-21+/t38-,39+/m1/s1. The van der Waals surface area contributed by atoms with Crippen molar-refractivity contribution in [1.82, 2.24) is 0 Å². The number of hydrogen-bond donors (Lipinski definition) is 3. The largest absolute Gasteiger partial charge is 0.480 e. The topological polar surface area (TPSA) is 172 Å². The van der Waals surface area contributed by atoms with Crippen molar-refractivity contribution in [3.05, 3.63) is 36.5 Å². The third kappa shape index (κ3) is 36.7. The third-order valence-electron chi connectivity index (χ3n) is 8.86. The maximum Gasteiger partial charge on any atom is 0.472 e. The van der Waals surface area contributed by atoms with E-state index in [2.05, 4.69) is 54.8 Å². The number of hydrogen-bond acceptors (Lipinski definition) is 9. The van der Waals surface area contributed by atoms with E-state index < -0.39 is 51.1 Å². The van der Waals surface area contributed by atoms with Gasteiger partial charge in [0.2, 0.25) is 0 Å². The zero-order valence-electron chi connectivity index (χ0n) is 33.8. The third-order valence-corrected chi connectivity index (χ3v) is 9.81. The molecular weight excluding hydrogens is 709 g/mol. The summed E-state index contributed by atoms with van der Waals surface area (Å²) in [6, 6.07) is -1.52. The molecule has 0 amide bonds. The molecule has 0 heterocycles. The number of nitrogens with two attached hydrogens (primary N) is 1. The highest BCUT2D eigenvalue weighted by atomic mass is 31.2. The number of carbonyl (C=O) groups is 3. The van der Waals surface area contributed by atoms with Gasteiger partial charge in [-0.1, -0.05) is 134 Å². The second-order valence-corrected chi connectivity index (χ2v) is 15.6. The van der Waals surface area contributed by atoms with Crippen molar-refractivity contribution in [1.29, 1.82) is 0 Å². The van der Waals surface area contributed by atoms with Crippen molar-refractivity contribution in [3.63, 3.8) is 0 Å². The lowest BCUT2D eigenvalue weighted by atomic mass is 10.1. The first-order valence-corrected chi connectivity index (χ1v) is 22.5. The van der Waals surface area contributed by atoms with Crippen LogP contribution in [0.5, 0.6) is 0 Å². The van der Waals surface area contributed by atoms with Crippen LogP contribution < -0.4 is 5.73 Å². The van der Waals surface area contributed by atoms with E-state index >= 15 is 0 Å². The summed E-state index contributed by atoms with van der Waals surface area (Å²) < 4.78 is 32.6. The van der Waals surface area contributed by atoms with E-state index in [0.29, 0.717) is 12.8 Å². The predicted molar refractivity (Wildman–Crippen MR) is 217 cm³/mol. The summed E-state index contributed by atoms with van der Waals surface area (Å²) in [7, 11) is -4.72. The Morgan fingerprint density at radius 1 is 0.574 bits per heavy atom. The van der Waals surface area contributed by atoms with Crippen LogP contribution >= 0.6 is 7.82 Å². The van der Waals surface area contributed by atoms with Gasteiger partial charge in [-0.3, -0.25) is 23.4 Å². The van der Waals surface area contributed by atoms with E-state index in [4.69, 9.17) is 24.8 Å². The van der Waals surface area contributed by atoms with Crippen molar-refractivity contribution in [2.45, 2.75) is 193 Å². The van der Waals surface area contributed by atoms with Gasteiger partial charge in [-0.05, 0) is 70.6 Å². The van der Waals surface area contributed by atoms with E-state index in [-0.39, 0.29) is 19.4 Å². The molecule has 0 rings (SSSR count). The van der Waals surface area contributed by atoms with E-state index in [1.54, 1.807) is 0 Å². The molecule has 0 bridgehead atoms. The lowest BCUT2D eigenvalue weighted by Gasteiger charge is -2.20. The molecule has 0 saturated heterocycles. The highest BCUT2D eigenvalue weighted by Crippen LogP contribution is 2.43. The van der Waals surface area contributed by atoms with Gasteiger partial charge in [-0.15, -0.1) is 0 Å². The molecule has 314 valence electrons. The fourth-order valence-electron chi connectivity index (χ4n) is 5.50. The minimum atomic E-state index is -4.72. The number of allylic oxidation sites excluding steroid dienone is 6. The first-order chi connectivity index (χ1) is 26.1. The first-order valence-electron chi connectivity index (χ1n) is 21.0. The van der Waals surface area contributed by atoms with Crippen LogP contribution in [0.4, 0.5) is 0 Å². The first kappa shape index (κ1) is 51.7. The van der Waals surface area contributed by atoms with Crippen molar-refractivity contribution in [2.24, 2.45) is 5.73 Å². The Morgan fingerprint density at radius 3 is 1.52 bits per heavy atom. The fourth-order valence-corrected chi connectivity index (χ4v) is 6.28. The summed E-state index contributed by atoms with van der Waals surface area (Å²) in [6.07, 6.45) is 39.2. The number of ether oxygens (including phenoxy) is 2. The molecular formula is C42H76NO10P. The number of aliphatic carboxylic acids is 1. The van der Waals surface area contributed by atoms with Crippen LogP contribution in [-0.2, 0) is 37.5 Å². The molecule has 0 aliphatic heterocycles. The SMILES string of the molecule is CCCCC/C=C/C/C=C/CCCCCCCCCC(=O)O[C@H](COC(=O)CCCCC/C=C/CCCCCCCC)COP(=O)(O)OC[C@H](N)C(=O)O. The molecule has 0 aromatic rings. The molecule has 4 N–H and O–H groups in total. The summed E-state index contributed by atoms with van der Waals surface area (Å²) in [5.41, 5.74) is 5.32. The summed E-state index contributed by atoms with van der Waals surface area (Å²) in [5, 5.41) is 8.88. The molecule has 0 aliphatic carbocycles. The van der Waals surface area contributed by atoms with Crippen LogP contribution in [0.1, 0.15) is 181 Å². The second-order valence-electron chi connectivity index (χ2n) is 14.1. The molecule has 0 aromatic carbocycles. The zero-order valence-corrected chi connectivity index (χ0v) is 34.7. The number of phosphoric acid groups is 1. The molecule has 0 saturated carbocycles. The van der Waals surface area contributed by atoms with E-state index in [0.717, 1.165) is 64.2 Å². The van der Waals surface area contributed by atoms with Gasteiger partial charge in [0.25, 0.3) is 0 Å². The molecule has 0 fully saturated rings. The molecule has 0 aromatic heterocycles. The Labute approximate surface area is 327 Å². The van der Waals surface area contributed by atoms with Crippen molar-refractivity contribution in [2.75, 3.05) is 19.8 Å². The Balaban J connectivity index is 4.42. The van der Waals surface area contributed by atoms with E-state index in [9.17, 15) is 23.8 Å². The summed E-state index contributed by atoms with van der Waals surface area (Å²) in [5.74, 6) is -2.41. The van der Waals surface area contributed by atoms with E-state index in [1.165, 1.54) is 77.0 Å². The number of carboxylic acid groups (broad SMARTS) is 1. The molecule has 12 heteroatoms. The van der Waals surface area contributed by atoms with Gasteiger partial charge < -0.3 is 25.2 Å². The Hall–Kier alpha value is -2.30. The second kappa shape index (κ2) is 37.6. The zero-order chi connectivity index (χ0) is 40.0. The summed E-state index contributed by atoms with van der Waals surface area (Å²) in [4.78, 5) is 45.9. The van der Waals surface area contributed by atoms with Crippen LogP contribution in [0.3, 0.4) is 0 Å². The van der Waals surface area contributed by atoms with E-state index in [1.807, 2.05) is 0 Å². The van der Waals surface area contributed by atoms with Crippen LogP contribution in [0.25, 0.3) is 0 Å². The lowest BCUT2D eigenvalue weighted by molar-refractivity contribution is -0.161. The molecule has 0 spiro atoms. The summed E-state index contributed by atoms with van der Waals surface area (Å²) >= 11 is 0. The minimum absolute atomic E-state index is 0.149. The average Bonchev–Trinajstić information content (AvgIpc) is 3.14. The molecule has 54 heavy (non-hydrogen) atoms. The van der Waals surface area contributed by atoms with Crippen LogP contribution in [-0.4, -0.2) is 59.9 Å². The van der Waals surface area contributed by atoms with Crippen molar-refractivity contribution >= 4 is 25.7 Å². The lowest BCUT2D eigenvalue weighted by Crippen LogP contribution is -2.34. The number of carboxylic acids is 1. The predicted octanol–water partition coefficient (Wildman–Crippen LogP) is 10.8. The quantitative estimate of drug-likeness (QED) is 0.0234. The highest BCUT2D eigenvalue weighted by molar-refractivity contribution is 7.47. The van der Waals surface area contributed by atoms with Gasteiger partial charge in [0.1, 0.15) is 12.6 Å². The fraction of sp³-hybridized carbons (Fsp3) is 0.786. The maximum atomic E-state index is 12.6. The van der Waals surface area contributed by atoms with Gasteiger partial charge >= 0.3 is 25.7 Å². The smallest absolute Gasteiger partial charge is 0.472 e. The number of unbranched alkanes of at least 4 members (excludes halogenated alkanes) is 19. The Morgan fingerprint density at radius 2 is 0.981 bits per heavy atom. The number of esters is 2. The van der Waals surface area contributed by atoms with Crippen LogP contribution in [0.2, 0.25) is 0 Å².